The van der Waals surface area contributed by atoms with Gasteiger partial charge < -0.3 is 50.2 Å². The van der Waals surface area contributed by atoms with Gasteiger partial charge in [0.2, 0.25) is 0 Å². The van der Waals surface area contributed by atoms with Gasteiger partial charge in [-0.2, -0.15) is 9.29 Å². The first-order chi connectivity index (χ1) is 36.3. The van der Waals surface area contributed by atoms with Crippen molar-refractivity contribution in [3.05, 3.63) is 71.4 Å². The third-order valence-corrected chi connectivity index (χ3v) is 15.1. The quantitative estimate of drug-likeness (QED) is 0.0105. The van der Waals surface area contributed by atoms with Crippen LogP contribution in [0.4, 0.5) is 5.82 Å². The van der Waals surface area contributed by atoms with Crippen LogP contribution in [0.15, 0.2) is 65.7 Å². The fourth-order valence-corrected chi connectivity index (χ4v) is 10.3. The smallest absolute Gasteiger partial charge is 0.462 e. The van der Waals surface area contributed by atoms with Crippen LogP contribution in [-0.2, 0) is 46.3 Å². The number of allylic oxidation sites excluding steroid dienone is 5. The molecule has 0 spiro atoms. The molecule has 436 valence electrons. The van der Waals surface area contributed by atoms with Crippen LogP contribution in [0, 0.1) is 5.92 Å². The number of aliphatic hydroxyl groups excluding tert-OH is 4. The van der Waals surface area contributed by atoms with Gasteiger partial charge >= 0.3 is 33.3 Å². The molecule has 76 heavy (non-hydrogen) atoms. The van der Waals surface area contributed by atoms with Crippen LogP contribution in [0.25, 0.3) is 0 Å². The van der Waals surface area contributed by atoms with Gasteiger partial charge in [0.1, 0.15) is 30.7 Å². The van der Waals surface area contributed by atoms with E-state index in [0.717, 1.165) is 61.6 Å². The molecule has 0 radical (unpaired) electrons. The average molecular weight is 1120 g/mol. The molecule has 0 bridgehead atoms. The van der Waals surface area contributed by atoms with Gasteiger partial charge in [0, 0.05) is 19.0 Å². The fraction of sp³-hybridized carbons (Fsp3) is 0.741. The van der Waals surface area contributed by atoms with Gasteiger partial charge in [-0.15, -0.1) is 0 Å². The molecule has 8 N–H and O–H groups in total. The maximum atomic E-state index is 12.9. The number of carbonyl (C=O) groups excluding carboxylic acids is 2. The molecule has 0 amide bonds. The minimum atomic E-state index is -5.48. The Hall–Kier alpha value is -3.36. The lowest BCUT2D eigenvalue weighted by molar-refractivity contribution is -0.161. The largest absolute Gasteiger partial charge is 0.481 e. The second-order valence-corrected chi connectivity index (χ2v) is 23.0. The van der Waals surface area contributed by atoms with Crippen molar-refractivity contribution in [2.45, 2.75) is 231 Å². The van der Waals surface area contributed by atoms with Gasteiger partial charge in [0.05, 0.1) is 25.4 Å². The zero-order valence-electron chi connectivity index (χ0n) is 45.4. The van der Waals surface area contributed by atoms with E-state index in [-0.39, 0.29) is 31.5 Å². The van der Waals surface area contributed by atoms with E-state index in [1.165, 1.54) is 89.5 Å². The summed E-state index contributed by atoms with van der Waals surface area (Å²) in [7, 11) is -11.0. The van der Waals surface area contributed by atoms with Gasteiger partial charge in [-0.3, -0.25) is 23.2 Å². The molecule has 1 aromatic rings. The normalized spacial score (nSPS) is 20.0. The first-order valence-electron chi connectivity index (χ1n) is 27.7. The molecule has 1 fully saturated rings. The van der Waals surface area contributed by atoms with E-state index in [4.69, 9.17) is 29.0 Å². The number of ether oxygens (including phenoxy) is 3. The number of unbranched alkanes of at least 4 members (excludes halogenated alkanes) is 18. The van der Waals surface area contributed by atoms with Crippen LogP contribution in [0.1, 0.15) is 194 Å². The van der Waals surface area contributed by atoms with Crippen molar-refractivity contribution in [3.63, 3.8) is 0 Å². The predicted molar refractivity (Wildman–Crippen MR) is 291 cm³/mol. The van der Waals surface area contributed by atoms with Crippen LogP contribution in [0.5, 0.6) is 0 Å². The molecular weight excluding hydrogens is 1020 g/mol. The monoisotopic (exact) mass is 1120 g/mol. The summed E-state index contributed by atoms with van der Waals surface area (Å²) < 4.78 is 56.7. The number of anilines is 1. The number of hydrogen-bond acceptors (Lipinski definition) is 17. The van der Waals surface area contributed by atoms with Crippen LogP contribution in [0.3, 0.4) is 0 Å². The van der Waals surface area contributed by atoms with Gasteiger partial charge in [-0.25, -0.2) is 13.9 Å². The third kappa shape index (κ3) is 33.8. The molecule has 2 heterocycles. The number of nitrogens with zero attached hydrogens (tertiary/aromatic N) is 2. The SMILES string of the molecule is CCCCC/C=C\C[C@@H](O)/C=C/C=C/C=C\[C@@H](O)CCCC(=O)OC[C@H](COP(=O)(O)OP(=O)(O)OC[C@H]1O[C@@H](n2ccc(N)nc2=O)[C@H](O)[C@@H]1O)OC(=O)CCCCCCCCCCCCCCCCCCC(C)C. The molecule has 20 nitrogen and oxygen atoms in total. The van der Waals surface area contributed by atoms with Gasteiger partial charge in [0.25, 0.3) is 0 Å². The Bertz CT molecular complexity index is 2020. The topological polar surface area (TPSA) is 306 Å². The minimum absolute atomic E-state index is 0.000827. The molecule has 1 aliphatic rings. The summed E-state index contributed by atoms with van der Waals surface area (Å²) in [5.74, 6) is -0.748. The molecule has 2 unspecified atom stereocenters. The Morgan fingerprint density at radius 2 is 1.29 bits per heavy atom. The van der Waals surface area contributed by atoms with Gasteiger partial charge in [0.15, 0.2) is 12.3 Å². The maximum absolute atomic E-state index is 12.9. The number of carbonyl (C=O) groups is 2. The predicted octanol–water partition coefficient (Wildman–Crippen LogP) is 9.92. The number of aliphatic hydroxyl groups is 4. The molecule has 1 aromatic heterocycles. The number of nitrogens with two attached hydrogens (primary N) is 1. The number of phosphoric ester groups is 2. The lowest BCUT2D eigenvalue weighted by atomic mass is 10.0. The number of hydrogen-bond donors (Lipinski definition) is 7. The number of aromatic nitrogens is 2. The number of esters is 2. The minimum Gasteiger partial charge on any atom is -0.462 e. The van der Waals surface area contributed by atoms with Crippen molar-refractivity contribution in [1.29, 1.82) is 0 Å². The Morgan fingerprint density at radius 1 is 0.724 bits per heavy atom. The van der Waals surface area contributed by atoms with Crippen LogP contribution < -0.4 is 11.4 Å². The summed E-state index contributed by atoms with van der Waals surface area (Å²) in [6.45, 7) is 4.21. The van der Waals surface area contributed by atoms with E-state index < -0.39 is 95.9 Å². The van der Waals surface area contributed by atoms with E-state index in [9.17, 15) is 53.7 Å². The van der Waals surface area contributed by atoms with Crippen molar-refractivity contribution in [2.75, 3.05) is 25.6 Å². The second kappa shape index (κ2) is 40.8. The van der Waals surface area contributed by atoms with Crippen molar-refractivity contribution in [2.24, 2.45) is 5.92 Å². The van der Waals surface area contributed by atoms with Crippen molar-refractivity contribution < 1.29 is 76.5 Å². The van der Waals surface area contributed by atoms with E-state index in [2.05, 4.69) is 36.1 Å². The number of phosphoric acid groups is 2. The molecule has 0 aromatic carbocycles. The molecule has 9 atom stereocenters. The summed E-state index contributed by atoms with van der Waals surface area (Å²) >= 11 is 0. The number of rotatable bonds is 45. The third-order valence-electron chi connectivity index (χ3n) is 12.5. The highest BCUT2D eigenvalue weighted by molar-refractivity contribution is 7.61. The average Bonchev–Trinajstić information content (AvgIpc) is 3.64. The molecule has 22 heteroatoms. The Morgan fingerprint density at radius 3 is 1.88 bits per heavy atom. The van der Waals surface area contributed by atoms with Crippen molar-refractivity contribution >= 4 is 33.4 Å². The van der Waals surface area contributed by atoms with Crippen molar-refractivity contribution in [3.8, 4) is 0 Å². The second-order valence-electron chi connectivity index (χ2n) is 20.0. The van der Waals surface area contributed by atoms with E-state index in [1.807, 2.05) is 6.08 Å². The lowest BCUT2D eigenvalue weighted by Gasteiger charge is -2.21. The van der Waals surface area contributed by atoms with E-state index >= 15 is 0 Å². The Labute approximate surface area is 451 Å². The van der Waals surface area contributed by atoms with E-state index in [1.54, 1.807) is 36.5 Å². The standard InChI is InChI=1S/C54H93N3O17P2/c1-4-5-6-7-21-26-32-44(58)33-27-23-24-28-34-45(59)35-30-37-49(60)69-40-46(72-50(61)36-29-22-19-17-15-13-11-9-8-10-12-14-16-18-20-25-31-43(2)3)41-70-75(65,66)74-76(67,68)71-42-47-51(62)52(63)53(73-47)57-39-38-48(55)56-54(57)64/h21,23-24,26-28,33-34,38-39,43-47,51-53,58-59,62-63H,4-20,22,25,29-32,35-37,40-42H2,1-3H3,(H,65,66)(H,67,68)(H2,55,56,64)/b24-23+,26-21-,33-27+,34-28-/t44-,45-,46-,47-,51-,52-,53-/m1/s1. The van der Waals surface area contributed by atoms with Crippen LogP contribution in [-0.4, -0.2) is 108 Å². The molecular formula is C54H93N3O17P2. The maximum Gasteiger partial charge on any atom is 0.481 e. The Kier molecular flexibility index (Phi) is 36.9. The highest BCUT2D eigenvalue weighted by atomic mass is 31.3. The molecule has 0 aliphatic carbocycles. The zero-order valence-corrected chi connectivity index (χ0v) is 47.2. The first-order valence-corrected chi connectivity index (χ1v) is 30.7. The summed E-state index contributed by atoms with van der Waals surface area (Å²) in [4.78, 5) is 62.1. The zero-order chi connectivity index (χ0) is 56.0. The lowest BCUT2D eigenvalue weighted by Crippen LogP contribution is -2.36. The molecule has 0 saturated carbocycles. The molecule has 2 rings (SSSR count). The van der Waals surface area contributed by atoms with Crippen LogP contribution >= 0.6 is 15.6 Å². The summed E-state index contributed by atoms with van der Waals surface area (Å²) in [6.07, 6.45) is 30.9. The highest BCUT2D eigenvalue weighted by Crippen LogP contribution is 2.60. The summed E-state index contributed by atoms with van der Waals surface area (Å²) in [5, 5.41) is 41.4. The van der Waals surface area contributed by atoms with Crippen molar-refractivity contribution in [1.82, 2.24) is 9.55 Å². The summed E-state index contributed by atoms with van der Waals surface area (Å²) in [5.41, 5.74) is 4.57. The highest BCUT2D eigenvalue weighted by Gasteiger charge is 2.46. The Balaban J connectivity index is 1.83. The summed E-state index contributed by atoms with van der Waals surface area (Å²) in [6, 6.07) is 1.23. The number of nitrogen functional groups attached to an aromatic ring is 1. The van der Waals surface area contributed by atoms with Gasteiger partial charge in [-0.05, 0) is 50.5 Å². The van der Waals surface area contributed by atoms with Gasteiger partial charge in [-0.1, -0.05) is 185 Å². The van der Waals surface area contributed by atoms with Crippen LogP contribution in [0.2, 0.25) is 0 Å². The molecule has 1 aliphatic heterocycles. The fourth-order valence-electron chi connectivity index (χ4n) is 8.16. The molecule has 1 saturated heterocycles. The van der Waals surface area contributed by atoms with E-state index in [0.29, 0.717) is 12.8 Å². The first kappa shape index (κ1) is 68.7.